The maximum Gasteiger partial charge on any atom is 0.0923 e. The highest BCUT2D eigenvalue weighted by Crippen LogP contribution is 2.42. The van der Waals surface area contributed by atoms with Crippen LogP contribution in [0.15, 0.2) is 11.6 Å². The zero-order chi connectivity index (χ0) is 9.90. The largest absolute Gasteiger partial charge is 0.366 e. The van der Waals surface area contributed by atoms with Gasteiger partial charge in [0.2, 0.25) is 0 Å². The number of hydrogen-bond donors (Lipinski definition) is 0. The summed E-state index contributed by atoms with van der Waals surface area (Å²) >= 11 is 0. The molecule has 1 rings (SSSR count). The van der Waals surface area contributed by atoms with Crippen LogP contribution >= 0.6 is 0 Å². The van der Waals surface area contributed by atoms with Crippen LogP contribution in [0, 0.1) is 0 Å². The van der Waals surface area contributed by atoms with E-state index in [-0.39, 0.29) is 5.60 Å². The van der Waals surface area contributed by atoms with Crippen molar-refractivity contribution in [3.05, 3.63) is 11.6 Å². The lowest BCUT2D eigenvalue weighted by Crippen LogP contribution is -2.08. The van der Waals surface area contributed by atoms with E-state index in [1.807, 2.05) is 0 Å². The van der Waals surface area contributed by atoms with Crippen LogP contribution in [-0.2, 0) is 4.74 Å². The predicted molar refractivity (Wildman–Crippen MR) is 56.9 cm³/mol. The molecule has 0 aliphatic carbocycles. The predicted octanol–water partition coefficient (Wildman–Crippen LogP) is 3.69. The Labute approximate surface area is 82.2 Å². The summed E-state index contributed by atoms with van der Waals surface area (Å²) < 4.78 is 5.64. The highest BCUT2D eigenvalue weighted by molar-refractivity contribution is 5.02. The van der Waals surface area contributed by atoms with Crippen LogP contribution in [0.2, 0.25) is 0 Å². The minimum absolute atomic E-state index is 0.208. The molecule has 0 saturated carbocycles. The Kier molecular flexibility index (Phi) is 3.55. The van der Waals surface area contributed by atoms with Gasteiger partial charge in [-0.3, -0.25) is 0 Å². The molecular formula is C12H22O. The van der Waals surface area contributed by atoms with Gasteiger partial charge < -0.3 is 4.74 Å². The third-order valence-electron chi connectivity index (χ3n) is 3.10. The van der Waals surface area contributed by atoms with Crippen molar-refractivity contribution in [1.29, 1.82) is 0 Å². The van der Waals surface area contributed by atoms with E-state index in [1.165, 1.54) is 24.8 Å². The molecular weight excluding hydrogens is 160 g/mol. The van der Waals surface area contributed by atoms with Gasteiger partial charge in [0.25, 0.3) is 0 Å². The zero-order valence-corrected chi connectivity index (χ0v) is 9.39. The second-order valence-corrected chi connectivity index (χ2v) is 4.27. The number of hydrogen-bond acceptors (Lipinski definition) is 1. The Morgan fingerprint density at radius 2 is 2.15 bits per heavy atom. The van der Waals surface area contributed by atoms with Crippen molar-refractivity contribution in [2.24, 2.45) is 0 Å². The molecule has 0 bridgehead atoms. The summed E-state index contributed by atoms with van der Waals surface area (Å²) in [5.74, 6) is 0. The molecule has 1 fully saturated rings. The Bertz CT molecular complexity index is 195. The molecule has 1 heterocycles. The summed E-state index contributed by atoms with van der Waals surface area (Å²) in [4.78, 5) is 0. The average molecular weight is 182 g/mol. The summed E-state index contributed by atoms with van der Waals surface area (Å²) in [5.41, 5.74) is 1.71. The third-order valence-corrected chi connectivity index (χ3v) is 3.10. The van der Waals surface area contributed by atoms with Crippen LogP contribution < -0.4 is 0 Å². The maximum atomic E-state index is 5.64. The minimum atomic E-state index is 0.208. The van der Waals surface area contributed by atoms with Crippen LogP contribution in [0.4, 0.5) is 0 Å². The van der Waals surface area contributed by atoms with Gasteiger partial charge in [-0.2, -0.15) is 0 Å². The van der Waals surface area contributed by atoms with Crippen LogP contribution in [0.1, 0.15) is 53.4 Å². The molecule has 0 spiro atoms. The molecule has 1 heteroatoms. The molecule has 76 valence electrons. The molecule has 0 radical (unpaired) electrons. The molecule has 2 atom stereocenters. The van der Waals surface area contributed by atoms with E-state index in [9.17, 15) is 0 Å². The van der Waals surface area contributed by atoms with Crippen molar-refractivity contribution < 1.29 is 4.74 Å². The first kappa shape index (κ1) is 10.8. The first-order valence-corrected chi connectivity index (χ1v) is 5.45. The summed E-state index contributed by atoms with van der Waals surface area (Å²) in [6.45, 7) is 8.84. The maximum absolute atomic E-state index is 5.64. The molecule has 0 aromatic rings. The van der Waals surface area contributed by atoms with Gasteiger partial charge in [0.1, 0.15) is 0 Å². The monoisotopic (exact) mass is 182 g/mol. The van der Waals surface area contributed by atoms with E-state index in [0.29, 0.717) is 6.10 Å². The smallest absolute Gasteiger partial charge is 0.0923 e. The van der Waals surface area contributed by atoms with E-state index < -0.39 is 0 Å². The van der Waals surface area contributed by atoms with E-state index in [0.717, 1.165) is 6.42 Å². The second-order valence-electron chi connectivity index (χ2n) is 4.27. The summed E-state index contributed by atoms with van der Waals surface area (Å²) in [6.07, 6.45) is 7.57. The first-order chi connectivity index (χ1) is 6.12. The lowest BCUT2D eigenvalue weighted by Gasteiger charge is -2.03. The van der Waals surface area contributed by atoms with Crippen molar-refractivity contribution in [2.75, 3.05) is 0 Å². The van der Waals surface area contributed by atoms with E-state index in [2.05, 4.69) is 33.8 Å². The number of epoxide rings is 1. The van der Waals surface area contributed by atoms with Crippen LogP contribution in [0.25, 0.3) is 0 Å². The Morgan fingerprint density at radius 1 is 1.46 bits per heavy atom. The number of rotatable bonds is 5. The molecule has 1 nitrogen and oxygen atoms in total. The second kappa shape index (κ2) is 4.28. The quantitative estimate of drug-likeness (QED) is 0.466. The van der Waals surface area contributed by atoms with Crippen molar-refractivity contribution in [1.82, 2.24) is 0 Å². The molecule has 13 heavy (non-hydrogen) atoms. The zero-order valence-electron chi connectivity index (χ0n) is 9.39. The Morgan fingerprint density at radius 3 is 2.62 bits per heavy atom. The Balaban J connectivity index is 2.21. The Hall–Kier alpha value is -0.300. The fourth-order valence-electron chi connectivity index (χ4n) is 1.78. The first-order valence-electron chi connectivity index (χ1n) is 5.45. The van der Waals surface area contributed by atoms with Gasteiger partial charge in [-0.25, -0.2) is 0 Å². The van der Waals surface area contributed by atoms with Gasteiger partial charge in [-0.1, -0.05) is 25.5 Å². The summed E-state index contributed by atoms with van der Waals surface area (Å²) in [7, 11) is 0. The lowest BCUT2D eigenvalue weighted by molar-refractivity contribution is 0.296. The van der Waals surface area contributed by atoms with Crippen molar-refractivity contribution in [3.8, 4) is 0 Å². The number of ether oxygens (including phenoxy) is 1. The average Bonchev–Trinajstić information content (AvgIpc) is 2.77. The van der Waals surface area contributed by atoms with Crippen molar-refractivity contribution in [3.63, 3.8) is 0 Å². The molecule has 1 saturated heterocycles. The highest BCUT2D eigenvalue weighted by Gasteiger charge is 2.49. The third kappa shape index (κ3) is 2.84. The fraction of sp³-hybridized carbons (Fsp3) is 0.833. The normalized spacial score (nSPS) is 33.5. The molecule has 2 unspecified atom stereocenters. The molecule has 0 aromatic heterocycles. The van der Waals surface area contributed by atoms with Crippen molar-refractivity contribution >= 4 is 0 Å². The van der Waals surface area contributed by atoms with Gasteiger partial charge in [-0.05, 0) is 39.5 Å². The molecule has 1 aliphatic rings. The van der Waals surface area contributed by atoms with Gasteiger partial charge in [0.05, 0.1) is 11.7 Å². The molecule has 1 aliphatic heterocycles. The van der Waals surface area contributed by atoms with Crippen LogP contribution in [0.3, 0.4) is 0 Å². The minimum Gasteiger partial charge on any atom is -0.366 e. The molecule has 0 amide bonds. The molecule has 0 N–H and O–H groups in total. The number of allylic oxidation sites excluding steroid dienone is 2. The fourth-order valence-corrected chi connectivity index (χ4v) is 1.78. The van der Waals surface area contributed by atoms with Crippen LogP contribution in [-0.4, -0.2) is 11.7 Å². The van der Waals surface area contributed by atoms with Gasteiger partial charge in [0.15, 0.2) is 0 Å². The highest BCUT2D eigenvalue weighted by atomic mass is 16.6. The van der Waals surface area contributed by atoms with Gasteiger partial charge >= 0.3 is 0 Å². The topological polar surface area (TPSA) is 12.5 Å². The molecule has 0 aromatic carbocycles. The van der Waals surface area contributed by atoms with Gasteiger partial charge in [-0.15, -0.1) is 0 Å². The van der Waals surface area contributed by atoms with E-state index in [4.69, 9.17) is 4.74 Å². The SMILES string of the molecule is CCC(C)=CCCC1(C)OC1CC. The summed E-state index contributed by atoms with van der Waals surface area (Å²) in [5, 5.41) is 0. The van der Waals surface area contributed by atoms with E-state index in [1.54, 1.807) is 0 Å². The van der Waals surface area contributed by atoms with E-state index >= 15 is 0 Å². The lowest BCUT2D eigenvalue weighted by atomic mass is 9.99. The standard InChI is InChI=1S/C12H22O/c1-5-10(3)8-7-9-12(4)11(6-2)13-12/h8,11H,5-7,9H2,1-4H3. The van der Waals surface area contributed by atoms with Gasteiger partial charge in [0, 0.05) is 0 Å². The van der Waals surface area contributed by atoms with Crippen LogP contribution in [0.5, 0.6) is 0 Å². The summed E-state index contributed by atoms with van der Waals surface area (Å²) in [6, 6.07) is 0. The van der Waals surface area contributed by atoms with Crippen molar-refractivity contribution in [2.45, 2.75) is 65.1 Å².